The van der Waals surface area contributed by atoms with Crippen LogP contribution in [-0.4, -0.2) is 52.0 Å². The molecule has 0 spiro atoms. The summed E-state index contributed by atoms with van der Waals surface area (Å²) >= 11 is 6.02. The fourth-order valence-corrected chi connectivity index (χ4v) is 4.76. The molecule has 1 saturated heterocycles. The number of carbonyl (C=O) groups is 1. The van der Waals surface area contributed by atoms with Gasteiger partial charge in [0.05, 0.1) is 22.3 Å². The van der Waals surface area contributed by atoms with Crippen molar-refractivity contribution >= 4 is 28.6 Å². The third-order valence-electron chi connectivity index (χ3n) is 6.36. The highest BCUT2D eigenvalue weighted by Crippen LogP contribution is 2.31. The minimum atomic E-state index is -0.0221. The van der Waals surface area contributed by atoms with Crippen molar-refractivity contribution in [2.45, 2.75) is 33.7 Å². The van der Waals surface area contributed by atoms with Gasteiger partial charge in [-0.05, 0) is 57.0 Å². The van der Waals surface area contributed by atoms with E-state index in [1.165, 1.54) is 5.56 Å². The number of aryl methyl sites for hydroxylation is 3. The van der Waals surface area contributed by atoms with E-state index in [2.05, 4.69) is 27.2 Å². The molecule has 0 N–H and O–H groups in total. The van der Waals surface area contributed by atoms with Gasteiger partial charge in [0.1, 0.15) is 11.5 Å². The number of rotatable bonds is 4. The van der Waals surface area contributed by atoms with Crippen LogP contribution in [0, 0.1) is 20.8 Å². The van der Waals surface area contributed by atoms with Gasteiger partial charge in [-0.1, -0.05) is 28.9 Å². The topological polar surface area (TPSA) is 75.6 Å². The second-order valence-corrected chi connectivity index (χ2v) is 9.31. The molecule has 176 valence electrons. The molecule has 0 atom stereocenters. The summed E-state index contributed by atoms with van der Waals surface area (Å²) < 4.78 is 11.2. The molecule has 1 amide bonds. The van der Waals surface area contributed by atoms with E-state index in [9.17, 15) is 4.79 Å². The molecule has 1 aliphatic heterocycles. The van der Waals surface area contributed by atoms with Gasteiger partial charge in [-0.25, -0.2) is 4.98 Å². The average Bonchev–Trinajstić information content (AvgIpc) is 3.26. The zero-order chi connectivity index (χ0) is 23.8. The summed E-state index contributed by atoms with van der Waals surface area (Å²) in [5.41, 5.74) is 4.33. The smallest absolute Gasteiger partial charge is 0.259 e. The number of benzene rings is 1. The predicted octanol–water partition coefficient (Wildman–Crippen LogP) is 5.41. The van der Waals surface area contributed by atoms with Crippen LogP contribution >= 0.6 is 11.6 Å². The van der Waals surface area contributed by atoms with Crippen molar-refractivity contribution < 1.29 is 13.7 Å². The number of pyridine rings is 1. The first-order valence-electron chi connectivity index (χ1n) is 11.5. The monoisotopic (exact) mass is 478 g/mol. The molecular weight excluding hydrogens is 452 g/mol. The van der Waals surface area contributed by atoms with E-state index in [0.717, 1.165) is 48.2 Å². The second-order valence-electron chi connectivity index (χ2n) is 8.88. The van der Waals surface area contributed by atoms with Crippen molar-refractivity contribution in [2.24, 2.45) is 0 Å². The first-order valence-corrected chi connectivity index (χ1v) is 11.9. The van der Waals surface area contributed by atoms with Crippen LogP contribution in [0.15, 0.2) is 45.3 Å². The standard InChI is InChI=1S/C26H27ClN4O3/c1-16-13-21(18(3)33-16)23-14-22(24-17(2)29-34-25(24)28-23)26(32)31-10-4-9-30(11-12-31)15-19-5-7-20(27)8-6-19/h5-8,13-14H,4,9-12,15H2,1-3H3. The van der Waals surface area contributed by atoms with E-state index in [1.54, 1.807) is 0 Å². The summed E-state index contributed by atoms with van der Waals surface area (Å²) in [6, 6.07) is 11.7. The zero-order valence-corrected chi connectivity index (χ0v) is 20.4. The Morgan fingerprint density at radius 3 is 2.59 bits per heavy atom. The first-order chi connectivity index (χ1) is 16.4. The van der Waals surface area contributed by atoms with Gasteiger partial charge in [-0.2, -0.15) is 0 Å². The highest BCUT2D eigenvalue weighted by Gasteiger charge is 2.26. The third kappa shape index (κ3) is 4.45. The van der Waals surface area contributed by atoms with Crippen LogP contribution < -0.4 is 0 Å². The largest absolute Gasteiger partial charge is 0.466 e. The normalized spacial score (nSPS) is 15.1. The van der Waals surface area contributed by atoms with Crippen LogP contribution in [0.3, 0.4) is 0 Å². The molecule has 1 aromatic carbocycles. The molecule has 0 radical (unpaired) electrons. The number of amides is 1. The molecule has 4 aromatic rings. The van der Waals surface area contributed by atoms with Gasteiger partial charge in [0.15, 0.2) is 0 Å². The Labute approximate surface area is 203 Å². The highest BCUT2D eigenvalue weighted by molar-refractivity contribution is 6.30. The Balaban J connectivity index is 1.41. The number of furan rings is 1. The van der Waals surface area contributed by atoms with E-state index in [0.29, 0.717) is 41.1 Å². The van der Waals surface area contributed by atoms with Gasteiger partial charge in [0, 0.05) is 43.3 Å². The van der Waals surface area contributed by atoms with E-state index < -0.39 is 0 Å². The quantitative estimate of drug-likeness (QED) is 0.390. The number of aromatic nitrogens is 2. The molecule has 1 fully saturated rings. The Bertz CT molecular complexity index is 1340. The Morgan fingerprint density at radius 2 is 1.85 bits per heavy atom. The summed E-state index contributed by atoms with van der Waals surface area (Å²) in [4.78, 5) is 22.7. The zero-order valence-electron chi connectivity index (χ0n) is 19.6. The minimum Gasteiger partial charge on any atom is -0.466 e. The summed E-state index contributed by atoms with van der Waals surface area (Å²) in [6.45, 7) is 9.56. The molecule has 8 heteroatoms. The lowest BCUT2D eigenvalue weighted by Gasteiger charge is -2.22. The lowest BCUT2D eigenvalue weighted by Crippen LogP contribution is -2.35. The molecule has 1 aliphatic rings. The maximum atomic E-state index is 13.8. The van der Waals surface area contributed by atoms with Crippen molar-refractivity contribution in [3.63, 3.8) is 0 Å². The van der Waals surface area contributed by atoms with Crippen LogP contribution in [-0.2, 0) is 6.54 Å². The number of fused-ring (bicyclic) bond motifs is 1. The van der Waals surface area contributed by atoms with E-state index >= 15 is 0 Å². The Hall–Kier alpha value is -3.16. The van der Waals surface area contributed by atoms with Crippen LogP contribution in [0.1, 0.15) is 39.6 Å². The van der Waals surface area contributed by atoms with Crippen molar-refractivity contribution in [3.8, 4) is 11.3 Å². The van der Waals surface area contributed by atoms with Crippen molar-refractivity contribution in [1.82, 2.24) is 19.9 Å². The molecule has 0 aliphatic carbocycles. The molecule has 7 nitrogen and oxygen atoms in total. The Kier molecular flexibility index (Phi) is 6.15. The molecule has 0 saturated carbocycles. The van der Waals surface area contributed by atoms with Crippen LogP contribution in [0.2, 0.25) is 5.02 Å². The minimum absolute atomic E-state index is 0.0221. The molecular formula is C26H27ClN4O3. The number of hydrogen-bond acceptors (Lipinski definition) is 6. The van der Waals surface area contributed by atoms with E-state index in [1.807, 2.05) is 49.9 Å². The lowest BCUT2D eigenvalue weighted by atomic mass is 10.0. The summed E-state index contributed by atoms with van der Waals surface area (Å²) in [7, 11) is 0. The fraction of sp³-hybridized carbons (Fsp3) is 0.346. The van der Waals surface area contributed by atoms with Gasteiger partial charge in [-0.15, -0.1) is 0 Å². The van der Waals surface area contributed by atoms with Crippen LogP contribution in [0.5, 0.6) is 0 Å². The van der Waals surface area contributed by atoms with Crippen LogP contribution in [0.25, 0.3) is 22.4 Å². The molecule has 3 aromatic heterocycles. The maximum absolute atomic E-state index is 13.8. The first kappa shape index (κ1) is 22.6. The number of hydrogen-bond donors (Lipinski definition) is 0. The van der Waals surface area contributed by atoms with Gasteiger partial charge in [0.25, 0.3) is 11.6 Å². The predicted molar refractivity (Wildman–Crippen MR) is 131 cm³/mol. The summed E-state index contributed by atoms with van der Waals surface area (Å²) in [5.74, 6) is 1.53. The Morgan fingerprint density at radius 1 is 1.06 bits per heavy atom. The molecule has 34 heavy (non-hydrogen) atoms. The molecule has 4 heterocycles. The van der Waals surface area contributed by atoms with Crippen LogP contribution in [0.4, 0.5) is 0 Å². The molecule has 5 rings (SSSR count). The summed E-state index contributed by atoms with van der Waals surface area (Å²) in [6.07, 6.45) is 0.906. The number of nitrogens with zero attached hydrogens (tertiary/aromatic N) is 4. The van der Waals surface area contributed by atoms with E-state index in [-0.39, 0.29) is 5.91 Å². The third-order valence-corrected chi connectivity index (χ3v) is 6.61. The van der Waals surface area contributed by atoms with E-state index in [4.69, 9.17) is 20.5 Å². The fourth-order valence-electron chi connectivity index (χ4n) is 4.64. The van der Waals surface area contributed by atoms with Crippen molar-refractivity contribution in [3.05, 3.63) is 69.8 Å². The molecule has 0 unspecified atom stereocenters. The lowest BCUT2D eigenvalue weighted by molar-refractivity contribution is 0.0763. The average molecular weight is 479 g/mol. The van der Waals surface area contributed by atoms with Gasteiger partial charge < -0.3 is 13.8 Å². The second kappa shape index (κ2) is 9.24. The highest BCUT2D eigenvalue weighted by atomic mass is 35.5. The number of carbonyl (C=O) groups excluding carboxylic acids is 1. The maximum Gasteiger partial charge on any atom is 0.259 e. The van der Waals surface area contributed by atoms with Gasteiger partial charge in [0.2, 0.25) is 0 Å². The van der Waals surface area contributed by atoms with Crippen molar-refractivity contribution in [2.75, 3.05) is 26.2 Å². The van der Waals surface area contributed by atoms with Gasteiger partial charge in [-0.3, -0.25) is 9.69 Å². The number of halogens is 1. The summed E-state index contributed by atoms with van der Waals surface area (Å²) in [5, 5.41) is 5.50. The van der Waals surface area contributed by atoms with Gasteiger partial charge >= 0.3 is 0 Å². The SMILES string of the molecule is Cc1cc(-c2cc(C(=O)N3CCCN(Cc4ccc(Cl)cc4)CC3)c3c(C)noc3n2)c(C)o1. The van der Waals surface area contributed by atoms with Crippen molar-refractivity contribution in [1.29, 1.82) is 0 Å². The molecule has 0 bridgehead atoms.